The maximum absolute atomic E-state index is 12.8. The molecule has 1 rings (SSSR count). The molecular weight excluding hydrogens is 293 g/mol. The molecule has 1 aromatic rings. The summed E-state index contributed by atoms with van der Waals surface area (Å²) in [5, 5.41) is 9.52. The average Bonchev–Trinajstić information content (AvgIpc) is 2.44. The van der Waals surface area contributed by atoms with Crippen molar-refractivity contribution in [3.8, 4) is 5.75 Å². The predicted octanol–water partition coefficient (Wildman–Crippen LogP) is 1.73. The van der Waals surface area contributed by atoms with Gasteiger partial charge in [-0.1, -0.05) is 12.1 Å². The third-order valence-corrected chi connectivity index (χ3v) is 2.80. The third-order valence-electron chi connectivity index (χ3n) is 2.80. The van der Waals surface area contributed by atoms with E-state index in [2.05, 4.69) is 4.74 Å². The Kier molecular flexibility index (Phi) is 4.95. The number of aliphatic hydroxyl groups is 1. The molecule has 8 heteroatoms. The zero-order chi connectivity index (χ0) is 16.3. The van der Waals surface area contributed by atoms with Crippen LogP contribution in [0.5, 0.6) is 5.75 Å². The quantitative estimate of drug-likeness (QED) is 0.662. The molecule has 0 saturated carbocycles. The van der Waals surface area contributed by atoms with Gasteiger partial charge in [0.2, 0.25) is 0 Å². The third kappa shape index (κ3) is 3.52. The second-order valence-corrected chi connectivity index (χ2v) is 4.18. The van der Waals surface area contributed by atoms with Crippen molar-refractivity contribution in [2.75, 3.05) is 14.2 Å². The van der Waals surface area contributed by atoms with Crippen LogP contribution in [0.1, 0.15) is 16.8 Å². The van der Waals surface area contributed by atoms with Gasteiger partial charge >= 0.3 is 12.1 Å². The molecule has 0 radical (unpaired) electrons. The Labute approximate surface area is 118 Å². The number of hydrogen-bond acceptors (Lipinski definition) is 5. The van der Waals surface area contributed by atoms with Crippen molar-refractivity contribution in [1.29, 1.82) is 0 Å². The van der Waals surface area contributed by atoms with Crippen molar-refractivity contribution in [1.82, 2.24) is 0 Å². The number of ketones is 1. The van der Waals surface area contributed by atoms with E-state index in [0.29, 0.717) is 7.11 Å². The van der Waals surface area contributed by atoms with Crippen LogP contribution < -0.4 is 4.74 Å². The molecule has 1 N–H and O–H groups in total. The molecule has 0 fully saturated rings. The smallest absolute Gasteiger partial charge is 0.428 e. The minimum absolute atomic E-state index is 0.124. The molecule has 0 aliphatic carbocycles. The van der Waals surface area contributed by atoms with E-state index in [4.69, 9.17) is 4.74 Å². The molecule has 0 spiro atoms. The van der Waals surface area contributed by atoms with E-state index in [1.807, 2.05) is 0 Å². The van der Waals surface area contributed by atoms with Gasteiger partial charge in [-0.2, -0.15) is 13.2 Å². The number of ether oxygens (including phenoxy) is 2. The van der Waals surface area contributed by atoms with Crippen molar-refractivity contribution >= 4 is 11.8 Å². The highest BCUT2D eigenvalue weighted by molar-refractivity contribution is 6.00. The van der Waals surface area contributed by atoms with Gasteiger partial charge in [0.25, 0.3) is 5.60 Å². The molecule has 0 aliphatic rings. The number of benzene rings is 1. The zero-order valence-electron chi connectivity index (χ0n) is 11.2. The van der Waals surface area contributed by atoms with Crippen LogP contribution in [0.4, 0.5) is 13.2 Å². The first-order valence-corrected chi connectivity index (χ1v) is 5.70. The molecule has 1 atom stereocenters. The molecule has 116 valence electrons. The fraction of sp³-hybridized carbons (Fsp3) is 0.385. The topological polar surface area (TPSA) is 72.8 Å². The Morgan fingerprint density at radius 1 is 1.24 bits per heavy atom. The lowest BCUT2D eigenvalue weighted by atomic mass is 9.93. The summed E-state index contributed by atoms with van der Waals surface area (Å²) in [6.07, 6.45) is -6.81. The van der Waals surface area contributed by atoms with E-state index in [1.54, 1.807) is 0 Å². The minimum Gasteiger partial charge on any atom is -0.497 e. The van der Waals surface area contributed by atoms with Crippen LogP contribution in [-0.4, -0.2) is 42.9 Å². The molecule has 0 bridgehead atoms. The van der Waals surface area contributed by atoms with Crippen LogP contribution in [0.3, 0.4) is 0 Å². The molecule has 0 unspecified atom stereocenters. The summed E-state index contributed by atoms with van der Waals surface area (Å²) >= 11 is 0. The van der Waals surface area contributed by atoms with Gasteiger partial charge in [0.05, 0.1) is 20.6 Å². The molecule has 21 heavy (non-hydrogen) atoms. The number of carbonyl (C=O) groups excluding carboxylic acids is 2. The number of alkyl halides is 3. The number of halogens is 3. The van der Waals surface area contributed by atoms with Gasteiger partial charge in [0, 0.05) is 5.56 Å². The van der Waals surface area contributed by atoms with Crippen molar-refractivity contribution in [3.63, 3.8) is 0 Å². The van der Waals surface area contributed by atoms with E-state index < -0.39 is 30.0 Å². The van der Waals surface area contributed by atoms with Gasteiger partial charge in [-0.25, -0.2) is 4.79 Å². The summed E-state index contributed by atoms with van der Waals surface area (Å²) in [5.74, 6) is -2.75. The summed E-state index contributed by atoms with van der Waals surface area (Å²) in [6, 6.07) is 5.35. The molecule has 0 amide bonds. The minimum atomic E-state index is -5.34. The van der Waals surface area contributed by atoms with Gasteiger partial charge in [-0.05, 0) is 12.1 Å². The van der Waals surface area contributed by atoms with E-state index in [0.717, 1.165) is 0 Å². The number of carbonyl (C=O) groups is 2. The number of Topliss-reactive ketones (excluding diaryl/α,β-unsaturated/α-hetero) is 1. The first-order valence-electron chi connectivity index (χ1n) is 5.70. The Hall–Kier alpha value is -2.09. The highest BCUT2D eigenvalue weighted by atomic mass is 19.4. The molecule has 0 saturated heterocycles. The maximum Gasteiger partial charge on any atom is 0.428 e. The van der Waals surface area contributed by atoms with Gasteiger partial charge in [0.1, 0.15) is 5.75 Å². The predicted molar refractivity (Wildman–Crippen MR) is 65.0 cm³/mol. The van der Waals surface area contributed by atoms with Crippen LogP contribution in [-0.2, 0) is 9.53 Å². The van der Waals surface area contributed by atoms with Crippen molar-refractivity contribution in [3.05, 3.63) is 29.8 Å². The lowest BCUT2D eigenvalue weighted by molar-refractivity contribution is -0.260. The van der Waals surface area contributed by atoms with E-state index in [-0.39, 0.29) is 11.3 Å². The second kappa shape index (κ2) is 6.13. The monoisotopic (exact) mass is 306 g/mol. The van der Waals surface area contributed by atoms with Gasteiger partial charge in [-0.15, -0.1) is 0 Å². The van der Waals surface area contributed by atoms with Crippen molar-refractivity contribution < 1.29 is 37.3 Å². The van der Waals surface area contributed by atoms with E-state index in [9.17, 15) is 27.9 Å². The molecular formula is C13H13F3O5. The summed E-state index contributed by atoms with van der Waals surface area (Å²) in [7, 11) is 2.01. The van der Waals surface area contributed by atoms with Gasteiger partial charge in [0.15, 0.2) is 5.78 Å². The molecule has 0 heterocycles. The van der Waals surface area contributed by atoms with Gasteiger partial charge < -0.3 is 14.6 Å². The Balaban J connectivity index is 3.09. The van der Waals surface area contributed by atoms with Crippen LogP contribution in [0.2, 0.25) is 0 Å². The first-order chi connectivity index (χ1) is 9.65. The summed E-state index contributed by atoms with van der Waals surface area (Å²) < 4.78 is 47.3. The average molecular weight is 306 g/mol. The highest BCUT2D eigenvalue weighted by Crippen LogP contribution is 2.35. The lowest BCUT2D eigenvalue weighted by Gasteiger charge is -2.26. The summed E-state index contributed by atoms with van der Waals surface area (Å²) in [5.41, 5.74) is -4.01. The molecule has 5 nitrogen and oxygen atoms in total. The van der Waals surface area contributed by atoms with E-state index in [1.165, 1.54) is 31.4 Å². The zero-order valence-corrected chi connectivity index (χ0v) is 11.2. The molecule has 0 aromatic heterocycles. The fourth-order valence-electron chi connectivity index (χ4n) is 1.59. The largest absolute Gasteiger partial charge is 0.497 e. The molecule has 0 aliphatic heterocycles. The normalized spacial score (nSPS) is 14.2. The fourth-order valence-corrected chi connectivity index (χ4v) is 1.59. The van der Waals surface area contributed by atoms with Gasteiger partial charge in [-0.3, -0.25) is 4.79 Å². The second-order valence-electron chi connectivity index (χ2n) is 4.18. The van der Waals surface area contributed by atoms with Crippen LogP contribution >= 0.6 is 0 Å². The summed E-state index contributed by atoms with van der Waals surface area (Å²) in [4.78, 5) is 23.1. The van der Waals surface area contributed by atoms with Crippen molar-refractivity contribution in [2.45, 2.75) is 18.2 Å². The van der Waals surface area contributed by atoms with Crippen LogP contribution in [0, 0.1) is 0 Å². The number of hydrogen-bond donors (Lipinski definition) is 1. The van der Waals surface area contributed by atoms with Crippen molar-refractivity contribution in [2.24, 2.45) is 0 Å². The lowest BCUT2D eigenvalue weighted by Crippen LogP contribution is -2.54. The Bertz CT molecular complexity index is 541. The number of rotatable bonds is 5. The summed E-state index contributed by atoms with van der Waals surface area (Å²) in [6.45, 7) is 0. The molecule has 1 aromatic carbocycles. The first kappa shape index (κ1) is 17.0. The number of methoxy groups -OCH3 is 2. The Morgan fingerprint density at radius 2 is 1.86 bits per heavy atom. The highest BCUT2D eigenvalue weighted by Gasteiger charge is 2.61. The number of esters is 1. The van der Waals surface area contributed by atoms with Crippen LogP contribution in [0.15, 0.2) is 24.3 Å². The van der Waals surface area contributed by atoms with Crippen LogP contribution in [0.25, 0.3) is 0 Å². The standard InChI is InChI=1S/C13H13F3O5/c1-20-9-5-3-4-8(6-9)10(17)7-12(19,11(18)21-2)13(14,15)16/h3-6,19H,7H2,1-2H3/t12-/m0/s1. The maximum atomic E-state index is 12.8. The SMILES string of the molecule is COC(=O)[C@@](O)(CC(=O)c1cccc(OC)c1)C(F)(F)F. The Morgan fingerprint density at radius 3 is 2.33 bits per heavy atom. The van der Waals surface area contributed by atoms with E-state index >= 15 is 0 Å².